The molecule has 4 rings (SSSR count). The monoisotopic (exact) mass is 424 g/mol. The van der Waals surface area contributed by atoms with Crippen LogP contribution in [0.3, 0.4) is 0 Å². The second kappa shape index (κ2) is 8.53. The first kappa shape index (κ1) is 20.5. The van der Waals surface area contributed by atoms with Gasteiger partial charge in [-0.15, -0.1) is 11.3 Å². The van der Waals surface area contributed by atoms with E-state index in [4.69, 9.17) is 4.74 Å². The Hall–Kier alpha value is -2.77. The molecule has 1 N–H and O–H groups in total. The molecule has 0 radical (unpaired) electrons. The van der Waals surface area contributed by atoms with E-state index in [0.29, 0.717) is 23.7 Å². The van der Waals surface area contributed by atoms with Gasteiger partial charge in [-0.2, -0.15) is 0 Å². The molecule has 2 aromatic rings. The minimum Gasteiger partial charge on any atom is -0.503 e. The van der Waals surface area contributed by atoms with Crippen LogP contribution in [0.4, 0.5) is 0 Å². The zero-order valence-electron chi connectivity index (χ0n) is 17.0. The lowest BCUT2D eigenvalue weighted by Crippen LogP contribution is -2.40. The van der Waals surface area contributed by atoms with Gasteiger partial charge in [-0.25, -0.2) is 4.98 Å². The summed E-state index contributed by atoms with van der Waals surface area (Å²) in [7, 11) is 0. The van der Waals surface area contributed by atoms with Gasteiger partial charge < -0.3 is 14.7 Å². The lowest BCUT2D eigenvalue weighted by molar-refractivity contribution is -0.130. The van der Waals surface area contributed by atoms with Crippen LogP contribution in [0.1, 0.15) is 38.8 Å². The molecule has 1 amide bonds. The summed E-state index contributed by atoms with van der Waals surface area (Å²) < 4.78 is 5.70. The van der Waals surface area contributed by atoms with Crippen molar-refractivity contribution in [3.05, 3.63) is 68.9 Å². The molecule has 0 spiro atoms. The number of ketones is 1. The summed E-state index contributed by atoms with van der Waals surface area (Å²) in [6.07, 6.45) is 5.40. The molecule has 0 aliphatic carbocycles. The van der Waals surface area contributed by atoms with Crippen LogP contribution in [0.15, 0.2) is 47.7 Å². The first-order valence-electron chi connectivity index (χ1n) is 10.0. The Kier molecular flexibility index (Phi) is 5.83. The van der Waals surface area contributed by atoms with E-state index in [1.165, 1.54) is 11.3 Å². The van der Waals surface area contributed by atoms with Crippen LogP contribution in [0.25, 0.3) is 6.08 Å². The van der Waals surface area contributed by atoms with Crippen molar-refractivity contribution >= 4 is 29.1 Å². The minimum absolute atomic E-state index is 0.0868. The Bertz CT molecular complexity index is 1020. The molecule has 1 aromatic carbocycles. The van der Waals surface area contributed by atoms with Crippen LogP contribution in [0.5, 0.6) is 0 Å². The van der Waals surface area contributed by atoms with Gasteiger partial charge in [0.15, 0.2) is 5.76 Å². The highest BCUT2D eigenvalue weighted by atomic mass is 32.1. The Balaban J connectivity index is 1.70. The molecule has 1 fully saturated rings. The molecule has 30 heavy (non-hydrogen) atoms. The minimum atomic E-state index is -0.656. The fraction of sp³-hybridized carbons (Fsp3) is 0.348. The van der Waals surface area contributed by atoms with E-state index in [1.54, 1.807) is 11.8 Å². The average Bonchev–Trinajstić information content (AvgIpc) is 3.42. The summed E-state index contributed by atoms with van der Waals surface area (Å²) in [4.78, 5) is 32.6. The van der Waals surface area contributed by atoms with Gasteiger partial charge in [-0.05, 0) is 32.3 Å². The molecule has 0 saturated carbocycles. The number of nitrogens with zero attached hydrogens (tertiary/aromatic N) is 2. The van der Waals surface area contributed by atoms with Crippen LogP contribution in [0.2, 0.25) is 0 Å². The van der Waals surface area contributed by atoms with Crippen LogP contribution in [-0.4, -0.2) is 52.0 Å². The molecule has 2 aliphatic rings. The summed E-state index contributed by atoms with van der Waals surface area (Å²) in [5.74, 6) is -1.36. The number of aryl methyl sites for hydroxylation is 2. The second-order valence-electron chi connectivity index (χ2n) is 7.55. The summed E-state index contributed by atoms with van der Waals surface area (Å²) in [5, 5.41) is 11.4. The van der Waals surface area contributed by atoms with Gasteiger partial charge >= 0.3 is 0 Å². The number of hydrogen-bond donors (Lipinski definition) is 1. The molecule has 1 saturated heterocycles. The quantitative estimate of drug-likeness (QED) is 0.713. The van der Waals surface area contributed by atoms with E-state index in [2.05, 4.69) is 4.98 Å². The van der Waals surface area contributed by atoms with E-state index in [0.717, 1.165) is 23.4 Å². The summed E-state index contributed by atoms with van der Waals surface area (Å²) >= 11 is 1.28. The maximum absolute atomic E-state index is 13.4. The Morgan fingerprint density at radius 3 is 2.73 bits per heavy atom. The summed E-state index contributed by atoms with van der Waals surface area (Å²) in [6, 6.07) is 9.00. The second-order valence-corrected chi connectivity index (χ2v) is 8.75. The van der Waals surface area contributed by atoms with E-state index in [9.17, 15) is 14.7 Å². The SMILES string of the molecule is Cc1nc(C)c(C(=O)C2=C(O)C(=O)N(CC3CCCO3)C2/C=C/c2ccccc2)s1. The van der Waals surface area contributed by atoms with Gasteiger partial charge in [0.1, 0.15) is 0 Å². The number of amides is 1. The van der Waals surface area contributed by atoms with Crippen molar-refractivity contribution in [2.75, 3.05) is 13.2 Å². The normalized spacial score (nSPS) is 21.9. The average molecular weight is 425 g/mol. The van der Waals surface area contributed by atoms with Crippen molar-refractivity contribution in [2.24, 2.45) is 0 Å². The molecule has 2 unspecified atom stereocenters. The zero-order valence-corrected chi connectivity index (χ0v) is 17.8. The number of carbonyl (C=O) groups excluding carboxylic acids is 2. The largest absolute Gasteiger partial charge is 0.503 e. The first-order valence-corrected chi connectivity index (χ1v) is 10.8. The maximum Gasteiger partial charge on any atom is 0.290 e. The fourth-order valence-corrected chi connectivity index (χ4v) is 4.82. The Labute approximate surface area is 179 Å². The third-order valence-corrected chi connectivity index (χ3v) is 6.47. The highest BCUT2D eigenvalue weighted by Gasteiger charge is 2.43. The van der Waals surface area contributed by atoms with Gasteiger partial charge in [-0.3, -0.25) is 9.59 Å². The van der Waals surface area contributed by atoms with Crippen molar-refractivity contribution in [2.45, 2.75) is 38.8 Å². The smallest absolute Gasteiger partial charge is 0.290 e. The Morgan fingerprint density at radius 2 is 2.10 bits per heavy atom. The summed E-state index contributed by atoms with van der Waals surface area (Å²) in [6.45, 7) is 4.61. The van der Waals surface area contributed by atoms with E-state index in [-0.39, 0.29) is 17.5 Å². The topological polar surface area (TPSA) is 79.7 Å². The van der Waals surface area contributed by atoms with Gasteiger partial charge in [0, 0.05) is 13.2 Å². The lowest BCUT2D eigenvalue weighted by atomic mass is 10.00. The standard InChI is InChI=1S/C23H24N2O4S/c1-14-22(30-15(2)24-14)20(26)19-18(11-10-16-7-4-3-5-8-16)25(23(28)21(19)27)13-17-9-6-12-29-17/h3-5,7-8,10-11,17-18,27H,6,9,12-13H2,1-2H3/b11-10+. The van der Waals surface area contributed by atoms with Gasteiger partial charge in [0.25, 0.3) is 5.91 Å². The number of aliphatic hydroxyl groups is 1. The van der Waals surface area contributed by atoms with Crippen molar-refractivity contribution in [3.63, 3.8) is 0 Å². The maximum atomic E-state index is 13.4. The molecule has 2 aliphatic heterocycles. The Morgan fingerprint density at radius 1 is 1.33 bits per heavy atom. The highest BCUT2D eigenvalue weighted by molar-refractivity contribution is 7.14. The molecule has 0 bridgehead atoms. The van der Waals surface area contributed by atoms with Crippen molar-refractivity contribution in [3.8, 4) is 0 Å². The predicted octanol–water partition coefficient (Wildman–Crippen LogP) is 3.86. The van der Waals surface area contributed by atoms with Gasteiger partial charge in [0.05, 0.1) is 33.3 Å². The molecule has 6 nitrogen and oxygen atoms in total. The van der Waals surface area contributed by atoms with Crippen molar-refractivity contribution < 1.29 is 19.4 Å². The number of benzene rings is 1. The first-order chi connectivity index (χ1) is 14.5. The number of ether oxygens (including phenoxy) is 1. The molecular formula is C23H24N2O4S. The molecular weight excluding hydrogens is 400 g/mol. The fourth-order valence-electron chi connectivity index (χ4n) is 3.95. The van der Waals surface area contributed by atoms with Gasteiger partial charge in [0.2, 0.25) is 5.78 Å². The number of aliphatic hydroxyl groups excluding tert-OH is 1. The van der Waals surface area contributed by atoms with Crippen molar-refractivity contribution in [1.29, 1.82) is 0 Å². The molecule has 7 heteroatoms. The molecule has 2 atom stereocenters. The van der Waals surface area contributed by atoms with Crippen molar-refractivity contribution in [1.82, 2.24) is 9.88 Å². The molecule has 1 aromatic heterocycles. The van der Waals surface area contributed by atoms with Gasteiger partial charge in [-0.1, -0.05) is 42.5 Å². The number of thiazole rings is 1. The highest BCUT2D eigenvalue weighted by Crippen LogP contribution is 2.33. The predicted molar refractivity (Wildman–Crippen MR) is 116 cm³/mol. The van der Waals surface area contributed by atoms with E-state index < -0.39 is 17.7 Å². The number of Topliss-reactive ketones (excluding diaryl/α,β-unsaturated/α-hetero) is 1. The van der Waals surface area contributed by atoms with Crippen LogP contribution in [-0.2, 0) is 9.53 Å². The van der Waals surface area contributed by atoms with Crippen LogP contribution < -0.4 is 0 Å². The van der Waals surface area contributed by atoms with E-state index in [1.807, 2.05) is 49.4 Å². The molecule has 3 heterocycles. The number of aromatic nitrogens is 1. The lowest BCUT2D eigenvalue weighted by Gasteiger charge is -2.26. The van der Waals surface area contributed by atoms with E-state index >= 15 is 0 Å². The third-order valence-electron chi connectivity index (χ3n) is 5.40. The van der Waals surface area contributed by atoms with Crippen LogP contribution >= 0.6 is 11.3 Å². The number of rotatable bonds is 6. The number of carbonyl (C=O) groups is 2. The van der Waals surface area contributed by atoms with Crippen LogP contribution in [0, 0.1) is 13.8 Å². The molecule has 156 valence electrons. The zero-order chi connectivity index (χ0) is 21.3. The summed E-state index contributed by atoms with van der Waals surface area (Å²) in [5.41, 5.74) is 1.67. The third kappa shape index (κ3) is 3.95. The number of hydrogen-bond acceptors (Lipinski definition) is 6.